The first-order valence-electron chi connectivity index (χ1n) is 7.23. The number of amides is 2. The summed E-state index contributed by atoms with van der Waals surface area (Å²) in [6, 6.07) is 6.97. The molecule has 108 valence electrons. The van der Waals surface area contributed by atoms with E-state index in [1.165, 1.54) is 25.0 Å². The number of hydrogen-bond donors (Lipinski definition) is 1. The number of nitrogens with zero attached hydrogens (tertiary/aromatic N) is 2. The van der Waals surface area contributed by atoms with Crippen molar-refractivity contribution in [1.29, 1.82) is 0 Å². The fourth-order valence-electron chi connectivity index (χ4n) is 2.62. The monoisotopic (exact) mass is 277 g/mol. The lowest BCUT2D eigenvalue weighted by Crippen LogP contribution is -2.52. The van der Waals surface area contributed by atoms with E-state index in [-0.39, 0.29) is 11.8 Å². The summed E-state index contributed by atoms with van der Waals surface area (Å²) in [6.07, 6.45) is 2.63. The van der Waals surface area contributed by atoms with Gasteiger partial charge in [0.05, 0.1) is 0 Å². The molecule has 0 radical (unpaired) electrons. The van der Waals surface area contributed by atoms with Crippen LogP contribution in [0.3, 0.4) is 0 Å². The van der Waals surface area contributed by atoms with Crippen LogP contribution in [0.1, 0.15) is 18.4 Å². The Hall–Kier alpha value is -1.62. The van der Waals surface area contributed by atoms with Gasteiger partial charge in [0.25, 0.3) is 0 Å². The fraction of sp³-hybridized carbons (Fsp3) is 0.533. The average Bonchev–Trinajstić information content (AvgIpc) is 3.31. The molecule has 0 atom stereocenters. The molecule has 5 heteroatoms. The second kappa shape index (κ2) is 5.79. The van der Waals surface area contributed by atoms with Crippen molar-refractivity contribution in [3.05, 3.63) is 35.6 Å². The molecule has 1 saturated heterocycles. The Morgan fingerprint density at radius 3 is 2.40 bits per heavy atom. The molecule has 0 unspecified atom stereocenters. The number of carbonyl (C=O) groups excluding carboxylic acids is 1. The predicted octanol–water partition coefficient (Wildman–Crippen LogP) is 1.82. The highest BCUT2D eigenvalue weighted by molar-refractivity contribution is 5.74. The van der Waals surface area contributed by atoms with E-state index in [0.29, 0.717) is 6.54 Å². The second-order valence-electron chi connectivity index (χ2n) is 5.54. The van der Waals surface area contributed by atoms with Gasteiger partial charge in [-0.1, -0.05) is 12.1 Å². The maximum atomic E-state index is 12.8. The lowest BCUT2D eigenvalue weighted by molar-refractivity contribution is 0.134. The number of benzene rings is 1. The van der Waals surface area contributed by atoms with Gasteiger partial charge in [0, 0.05) is 38.8 Å². The molecule has 1 saturated carbocycles. The molecule has 2 amide bonds. The molecule has 1 N–H and O–H groups in total. The third-order valence-corrected chi connectivity index (χ3v) is 4.02. The lowest BCUT2D eigenvalue weighted by atomic mass is 10.2. The van der Waals surface area contributed by atoms with Crippen molar-refractivity contribution in [3.8, 4) is 0 Å². The first kappa shape index (κ1) is 13.4. The minimum absolute atomic E-state index is 0.0234. The smallest absolute Gasteiger partial charge is 0.317 e. The third kappa shape index (κ3) is 3.28. The van der Waals surface area contributed by atoms with Gasteiger partial charge >= 0.3 is 6.03 Å². The zero-order chi connectivity index (χ0) is 13.9. The van der Waals surface area contributed by atoms with Crippen molar-refractivity contribution < 1.29 is 9.18 Å². The van der Waals surface area contributed by atoms with Crippen LogP contribution in [0, 0.1) is 5.82 Å². The average molecular weight is 277 g/mol. The van der Waals surface area contributed by atoms with Crippen molar-refractivity contribution >= 4 is 6.03 Å². The number of urea groups is 1. The largest absolute Gasteiger partial charge is 0.334 e. The summed E-state index contributed by atoms with van der Waals surface area (Å²) in [4.78, 5) is 16.4. The van der Waals surface area contributed by atoms with Crippen molar-refractivity contribution in [3.63, 3.8) is 0 Å². The Labute approximate surface area is 118 Å². The summed E-state index contributed by atoms with van der Waals surface area (Å²) in [6.45, 7) is 4.00. The normalized spacial score (nSPS) is 19.9. The minimum Gasteiger partial charge on any atom is -0.334 e. The molecular formula is C15H20FN3O. The molecule has 4 nitrogen and oxygen atoms in total. The summed E-state index contributed by atoms with van der Waals surface area (Å²) >= 11 is 0. The number of carbonyl (C=O) groups is 1. The number of piperazine rings is 1. The van der Waals surface area contributed by atoms with Crippen LogP contribution < -0.4 is 5.32 Å². The van der Waals surface area contributed by atoms with E-state index in [9.17, 15) is 9.18 Å². The van der Waals surface area contributed by atoms with Crippen LogP contribution in [0.5, 0.6) is 0 Å². The molecule has 1 aromatic rings. The summed E-state index contributed by atoms with van der Waals surface area (Å²) in [7, 11) is 0. The van der Waals surface area contributed by atoms with E-state index in [0.717, 1.165) is 37.8 Å². The van der Waals surface area contributed by atoms with Crippen LogP contribution in [0.2, 0.25) is 0 Å². The van der Waals surface area contributed by atoms with Gasteiger partial charge in [0.1, 0.15) is 5.82 Å². The van der Waals surface area contributed by atoms with Crippen LogP contribution >= 0.6 is 0 Å². The number of nitrogens with one attached hydrogen (secondary N) is 1. The highest BCUT2D eigenvalue weighted by atomic mass is 19.1. The van der Waals surface area contributed by atoms with Gasteiger partial charge in [-0.05, 0) is 30.5 Å². The lowest BCUT2D eigenvalue weighted by Gasteiger charge is -2.34. The molecule has 0 aromatic heterocycles. The summed E-state index contributed by atoms with van der Waals surface area (Å²) in [5.74, 6) is -0.253. The Kier molecular flexibility index (Phi) is 3.87. The highest BCUT2D eigenvalue weighted by Crippen LogP contribution is 2.27. The van der Waals surface area contributed by atoms with Gasteiger partial charge in [0.2, 0.25) is 0 Å². The van der Waals surface area contributed by atoms with Gasteiger partial charge in [-0.25, -0.2) is 9.18 Å². The molecule has 0 spiro atoms. The summed E-state index contributed by atoms with van der Waals surface area (Å²) in [5.41, 5.74) is 0.913. The van der Waals surface area contributed by atoms with Crippen molar-refractivity contribution in [2.24, 2.45) is 0 Å². The predicted molar refractivity (Wildman–Crippen MR) is 74.8 cm³/mol. The number of rotatable bonds is 3. The standard InChI is InChI=1S/C15H20FN3O/c16-13-3-1-12(2-4-13)11-17-15(20)19-9-7-18(8-10-19)14-5-6-14/h1-4,14H,5-11H2,(H,17,20). The zero-order valence-corrected chi connectivity index (χ0v) is 11.5. The molecule has 0 bridgehead atoms. The van der Waals surface area contributed by atoms with Gasteiger partial charge in [-0.3, -0.25) is 4.90 Å². The molecule has 2 aliphatic rings. The Morgan fingerprint density at radius 1 is 1.15 bits per heavy atom. The molecule has 1 heterocycles. The zero-order valence-electron chi connectivity index (χ0n) is 11.5. The number of halogens is 1. The quantitative estimate of drug-likeness (QED) is 0.914. The van der Waals surface area contributed by atoms with Crippen molar-refractivity contribution in [1.82, 2.24) is 15.1 Å². The van der Waals surface area contributed by atoms with E-state index in [1.807, 2.05) is 4.90 Å². The van der Waals surface area contributed by atoms with E-state index < -0.39 is 0 Å². The third-order valence-electron chi connectivity index (χ3n) is 4.02. The van der Waals surface area contributed by atoms with E-state index in [2.05, 4.69) is 10.2 Å². The molecule has 1 aliphatic carbocycles. The second-order valence-corrected chi connectivity index (χ2v) is 5.54. The van der Waals surface area contributed by atoms with E-state index in [4.69, 9.17) is 0 Å². The van der Waals surface area contributed by atoms with Gasteiger partial charge in [-0.15, -0.1) is 0 Å². The van der Waals surface area contributed by atoms with E-state index >= 15 is 0 Å². The SMILES string of the molecule is O=C(NCc1ccc(F)cc1)N1CCN(C2CC2)CC1. The maximum Gasteiger partial charge on any atom is 0.317 e. The molecule has 1 aliphatic heterocycles. The topological polar surface area (TPSA) is 35.6 Å². The van der Waals surface area contributed by atoms with Crippen LogP contribution in [0.25, 0.3) is 0 Å². The first-order chi connectivity index (χ1) is 9.72. The maximum absolute atomic E-state index is 12.8. The highest BCUT2D eigenvalue weighted by Gasteiger charge is 2.32. The van der Waals surface area contributed by atoms with Crippen LogP contribution in [-0.2, 0) is 6.54 Å². The summed E-state index contributed by atoms with van der Waals surface area (Å²) < 4.78 is 12.8. The van der Waals surface area contributed by atoms with Gasteiger partial charge < -0.3 is 10.2 Å². The van der Waals surface area contributed by atoms with E-state index in [1.54, 1.807) is 12.1 Å². The molecular weight excluding hydrogens is 257 g/mol. The van der Waals surface area contributed by atoms with Gasteiger partial charge in [-0.2, -0.15) is 0 Å². The molecule has 2 fully saturated rings. The molecule has 1 aromatic carbocycles. The Bertz CT molecular complexity index is 465. The molecule has 3 rings (SSSR count). The number of hydrogen-bond acceptors (Lipinski definition) is 2. The van der Waals surface area contributed by atoms with Crippen molar-refractivity contribution in [2.75, 3.05) is 26.2 Å². The Morgan fingerprint density at radius 2 is 1.80 bits per heavy atom. The molecule has 20 heavy (non-hydrogen) atoms. The van der Waals surface area contributed by atoms with Gasteiger partial charge in [0.15, 0.2) is 0 Å². The van der Waals surface area contributed by atoms with Crippen molar-refractivity contribution in [2.45, 2.75) is 25.4 Å². The van der Waals surface area contributed by atoms with Crippen LogP contribution in [-0.4, -0.2) is 48.1 Å². The summed E-state index contributed by atoms with van der Waals surface area (Å²) in [5, 5.41) is 2.89. The Balaban J connectivity index is 1.43. The first-order valence-corrected chi connectivity index (χ1v) is 7.23. The fourth-order valence-corrected chi connectivity index (χ4v) is 2.62. The van der Waals surface area contributed by atoms with Crippen LogP contribution in [0.4, 0.5) is 9.18 Å². The van der Waals surface area contributed by atoms with Crippen LogP contribution in [0.15, 0.2) is 24.3 Å². The minimum atomic E-state index is -0.253.